The molecule has 0 aliphatic carbocycles. The van der Waals surface area contributed by atoms with Gasteiger partial charge in [0.2, 0.25) is 5.78 Å². The number of aliphatic carboxylic acids is 1. The molecule has 2 aromatic carbocycles. The van der Waals surface area contributed by atoms with Crippen molar-refractivity contribution in [2.75, 3.05) is 7.11 Å². The smallest absolute Gasteiger partial charge is 0.333 e. The van der Waals surface area contributed by atoms with Gasteiger partial charge in [0.1, 0.15) is 12.3 Å². The molecule has 0 saturated heterocycles. The average Bonchev–Trinajstić information content (AvgIpc) is 3.37. The first kappa shape index (κ1) is 20.3. The highest BCUT2D eigenvalue weighted by atomic mass is 16.5. The van der Waals surface area contributed by atoms with E-state index in [4.69, 9.17) is 4.74 Å². The Bertz CT molecular complexity index is 1660. The van der Waals surface area contributed by atoms with Gasteiger partial charge < -0.3 is 9.84 Å². The maximum absolute atomic E-state index is 13.2. The lowest BCUT2D eigenvalue weighted by atomic mass is 10.1. The number of hydrogen-bond donors (Lipinski definition) is 1. The minimum Gasteiger partial charge on any atom is -0.497 e. The number of hydrogen-bond acceptors (Lipinski definition) is 5. The van der Waals surface area contributed by atoms with Crippen molar-refractivity contribution in [3.63, 3.8) is 0 Å². The number of carboxylic acid groups (broad SMARTS) is 1. The third kappa shape index (κ3) is 3.11. The lowest BCUT2D eigenvalue weighted by Crippen LogP contribution is -2.41. The van der Waals surface area contributed by atoms with Crippen LogP contribution in [0.15, 0.2) is 70.4 Å². The van der Waals surface area contributed by atoms with E-state index in [1.165, 1.54) is 11.6 Å². The van der Waals surface area contributed by atoms with Crippen molar-refractivity contribution < 1.29 is 14.6 Å². The Labute approximate surface area is 186 Å². The minimum atomic E-state index is -1.28. The fraction of sp³-hybridized carbons (Fsp3) is 0.130. The summed E-state index contributed by atoms with van der Waals surface area (Å²) in [7, 11) is 3.04. The fourth-order valence-electron chi connectivity index (χ4n) is 3.99. The van der Waals surface area contributed by atoms with Crippen molar-refractivity contribution in [2.24, 2.45) is 7.05 Å². The predicted molar refractivity (Wildman–Crippen MR) is 121 cm³/mol. The van der Waals surface area contributed by atoms with Gasteiger partial charge in [-0.3, -0.25) is 23.1 Å². The molecular formula is C23H19N5O5. The minimum absolute atomic E-state index is 0.118. The van der Waals surface area contributed by atoms with Crippen molar-refractivity contribution in [1.29, 1.82) is 0 Å². The summed E-state index contributed by atoms with van der Waals surface area (Å²) in [5.74, 6) is -0.240. The molecule has 0 aliphatic heterocycles. The molecule has 0 saturated carbocycles. The highest BCUT2D eigenvalue weighted by Crippen LogP contribution is 2.30. The van der Waals surface area contributed by atoms with E-state index in [-0.39, 0.29) is 11.2 Å². The Morgan fingerprint density at radius 2 is 1.85 bits per heavy atom. The summed E-state index contributed by atoms with van der Waals surface area (Å²) in [4.78, 5) is 41.7. The van der Waals surface area contributed by atoms with Crippen molar-refractivity contribution in [2.45, 2.75) is 6.54 Å². The van der Waals surface area contributed by atoms with Crippen LogP contribution in [0.3, 0.4) is 0 Å². The summed E-state index contributed by atoms with van der Waals surface area (Å²) in [6.45, 7) is -0.739. The normalized spacial score (nSPS) is 11.3. The van der Waals surface area contributed by atoms with E-state index in [2.05, 4.69) is 4.98 Å². The Hall–Kier alpha value is -4.60. The molecule has 33 heavy (non-hydrogen) atoms. The molecule has 3 aromatic heterocycles. The van der Waals surface area contributed by atoms with Crippen LogP contribution in [0.5, 0.6) is 5.75 Å². The van der Waals surface area contributed by atoms with E-state index < -0.39 is 23.8 Å². The van der Waals surface area contributed by atoms with Gasteiger partial charge in [0, 0.05) is 24.9 Å². The summed E-state index contributed by atoms with van der Waals surface area (Å²) >= 11 is 0. The number of methoxy groups -OCH3 is 1. The van der Waals surface area contributed by atoms with Crippen LogP contribution in [0.2, 0.25) is 0 Å². The number of nitrogens with zero attached hydrogens (tertiary/aromatic N) is 5. The largest absolute Gasteiger partial charge is 0.497 e. The SMILES string of the molecule is COc1cccc(-n2c(-c3ccccc3)cn3c4c(=O)n(CC(=O)O)c(=O)n(C)c4nc23)c1. The van der Waals surface area contributed by atoms with Gasteiger partial charge in [0.15, 0.2) is 11.2 Å². The van der Waals surface area contributed by atoms with E-state index >= 15 is 0 Å². The molecule has 0 radical (unpaired) electrons. The molecule has 0 bridgehead atoms. The zero-order valence-electron chi connectivity index (χ0n) is 17.8. The van der Waals surface area contributed by atoms with Crippen LogP contribution in [0, 0.1) is 0 Å². The molecular weight excluding hydrogens is 426 g/mol. The first-order valence-electron chi connectivity index (χ1n) is 10.1. The maximum atomic E-state index is 13.2. The van der Waals surface area contributed by atoms with Gasteiger partial charge in [-0.2, -0.15) is 4.98 Å². The molecule has 10 nitrogen and oxygen atoms in total. The third-order valence-electron chi connectivity index (χ3n) is 5.52. The second-order valence-electron chi connectivity index (χ2n) is 7.50. The summed E-state index contributed by atoms with van der Waals surface area (Å²) < 4.78 is 10.7. The molecule has 0 atom stereocenters. The summed E-state index contributed by atoms with van der Waals surface area (Å²) in [5.41, 5.74) is 1.21. The average molecular weight is 445 g/mol. The van der Waals surface area contributed by atoms with E-state index in [1.807, 2.05) is 59.2 Å². The first-order chi connectivity index (χ1) is 15.9. The second-order valence-corrected chi connectivity index (χ2v) is 7.50. The van der Waals surface area contributed by atoms with Crippen LogP contribution in [0.4, 0.5) is 0 Å². The lowest BCUT2D eigenvalue weighted by molar-refractivity contribution is -0.137. The third-order valence-corrected chi connectivity index (χ3v) is 5.52. The number of benzene rings is 2. The van der Waals surface area contributed by atoms with Gasteiger partial charge in [0.05, 0.1) is 18.5 Å². The Balaban J connectivity index is 1.93. The molecule has 5 aromatic rings. The van der Waals surface area contributed by atoms with Crippen LogP contribution in [0.1, 0.15) is 0 Å². The summed E-state index contributed by atoms with van der Waals surface area (Å²) in [6.07, 6.45) is 1.76. The Morgan fingerprint density at radius 3 is 2.55 bits per heavy atom. The first-order valence-corrected chi connectivity index (χ1v) is 10.1. The van der Waals surface area contributed by atoms with Gasteiger partial charge in [-0.05, 0) is 12.1 Å². The van der Waals surface area contributed by atoms with Crippen LogP contribution < -0.4 is 16.0 Å². The Morgan fingerprint density at radius 1 is 1.09 bits per heavy atom. The van der Waals surface area contributed by atoms with Crippen LogP contribution in [-0.4, -0.2) is 41.3 Å². The van der Waals surface area contributed by atoms with E-state index in [0.29, 0.717) is 16.1 Å². The van der Waals surface area contributed by atoms with Gasteiger partial charge in [-0.1, -0.05) is 36.4 Å². The van der Waals surface area contributed by atoms with Crippen molar-refractivity contribution >= 4 is 22.9 Å². The van der Waals surface area contributed by atoms with Crippen molar-refractivity contribution in [3.05, 3.63) is 81.6 Å². The zero-order valence-corrected chi connectivity index (χ0v) is 17.8. The lowest BCUT2D eigenvalue weighted by Gasteiger charge is -2.10. The number of aryl methyl sites for hydroxylation is 1. The summed E-state index contributed by atoms with van der Waals surface area (Å²) in [5, 5.41) is 9.19. The number of imidazole rings is 2. The van der Waals surface area contributed by atoms with Crippen LogP contribution in [-0.2, 0) is 18.4 Å². The van der Waals surface area contributed by atoms with E-state index in [1.54, 1.807) is 17.7 Å². The van der Waals surface area contributed by atoms with Crippen molar-refractivity contribution in [1.82, 2.24) is 23.1 Å². The number of carboxylic acids is 1. The molecule has 1 N–H and O–H groups in total. The molecule has 5 rings (SSSR count). The molecule has 0 spiro atoms. The summed E-state index contributed by atoms with van der Waals surface area (Å²) in [6, 6.07) is 17.0. The quantitative estimate of drug-likeness (QED) is 0.442. The molecule has 3 heterocycles. The molecule has 0 fully saturated rings. The van der Waals surface area contributed by atoms with Gasteiger partial charge in [0.25, 0.3) is 5.56 Å². The van der Waals surface area contributed by atoms with Gasteiger partial charge in [-0.25, -0.2) is 9.36 Å². The predicted octanol–water partition coefficient (Wildman–Crippen LogP) is 1.90. The number of carbonyl (C=O) groups is 1. The topological polar surface area (TPSA) is 113 Å². The monoisotopic (exact) mass is 445 g/mol. The fourth-order valence-corrected chi connectivity index (χ4v) is 3.99. The number of aromatic nitrogens is 5. The molecule has 166 valence electrons. The van der Waals surface area contributed by atoms with Gasteiger partial charge >= 0.3 is 11.7 Å². The van der Waals surface area contributed by atoms with Crippen LogP contribution in [0.25, 0.3) is 33.9 Å². The van der Waals surface area contributed by atoms with Crippen molar-refractivity contribution in [3.8, 4) is 22.7 Å². The molecule has 0 amide bonds. The van der Waals surface area contributed by atoms with E-state index in [0.717, 1.165) is 16.9 Å². The maximum Gasteiger partial charge on any atom is 0.333 e. The van der Waals surface area contributed by atoms with Gasteiger partial charge in [-0.15, -0.1) is 0 Å². The standard InChI is InChI=1S/C23H19N5O5/c1-25-20-19(21(31)27(23(25)32)13-18(29)30)26-12-17(14-7-4-3-5-8-14)28(22(26)24-20)15-9-6-10-16(11-15)33-2/h3-12H,13H2,1-2H3,(H,29,30). The Kier molecular flexibility index (Phi) is 4.63. The molecule has 10 heteroatoms. The molecule has 0 aliphatic rings. The number of fused-ring (bicyclic) bond motifs is 3. The van der Waals surface area contributed by atoms with E-state index in [9.17, 15) is 19.5 Å². The number of ether oxygens (including phenoxy) is 1. The highest BCUT2D eigenvalue weighted by molar-refractivity contribution is 5.80. The van der Waals surface area contributed by atoms with Crippen LogP contribution >= 0.6 is 0 Å². The second kappa shape index (κ2) is 7.52. The number of rotatable bonds is 5. The highest BCUT2D eigenvalue weighted by Gasteiger charge is 2.23. The molecule has 0 unspecified atom stereocenters. The zero-order chi connectivity index (χ0) is 23.3.